The summed E-state index contributed by atoms with van der Waals surface area (Å²) in [6.45, 7) is 1.90. The largest absolute Gasteiger partial charge is 0.322 e. The van der Waals surface area contributed by atoms with E-state index in [1.807, 2.05) is 6.92 Å². The number of rotatable bonds is 5. The molecular weight excluding hydrogens is 403 g/mol. The van der Waals surface area contributed by atoms with Crippen molar-refractivity contribution in [2.24, 2.45) is 0 Å². The van der Waals surface area contributed by atoms with Crippen molar-refractivity contribution in [1.29, 1.82) is 0 Å². The molecule has 0 aliphatic carbocycles. The maximum atomic E-state index is 13.3. The number of nitrogens with one attached hydrogen (secondary N) is 1. The fourth-order valence-electron chi connectivity index (χ4n) is 2.92. The quantitative estimate of drug-likeness (QED) is 0.661. The number of hydrogen-bond acceptors (Lipinski definition) is 3. The number of carbonyl (C=O) groups excluding carboxylic acids is 1. The molecule has 146 valence electrons. The van der Waals surface area contributed by atoms with Gasteiger partial charge in [0, 0.05) is 23.8 Å². The molecule has 0 saturated carbocycles. The summed E-state index contributed by atoms with van der Waals surface area (Å²) in [4.78, 5) is 12.9. The number of anilines is 1. The molecule has 0 saturated heterocycles. The molecule has 0 radical (unpaired) electrons. The van der Waals surface area contributed by atoms with Gasteiger partial charge in [-0.25, -0.2) is 12.8 Å². The Labute approximate surface area is 167 Å². The topological polar surface area (TPSA) is 68.2 Å². The van der Waals surface area contributed by atoms with Gasteiger partial charge >= 0.3 is 0 Å². The fourth-order valence-corrected chi connectivity index (χ4v) is 3.81. The van der Waals surface area contributed by atoms with E-state index >= 15 is 0 Å². The van der Waals surface area contributed by atoms with Crippen LogP contribution in [0.1, 0.15) is 23.0 Å². The van der Waals surface area contributed by atoms with Crippen LogP contribution in [0.15, 0.2) is 59.6 Å². The van der Waals surface area contributed by atoms with Crippen molar-refractivity contribution >= 4 is 33.0 Å². The Morgan fingerprint density at radius 2 is 1.82 bits per heavy atom. The highest BCUT2D eigenvalue weighted by Gasteiger charge is 2.17. The molecule has 28 heavy (non-hydrogen) atoms. The van der Waals surface area contributed by atoms with Crippen molar-refractivity contribution in [2.45, 2.75) is 18.2 Å². The zero-order valence-corrected chi connectivity index (χ0v) is 16.8. The molecule has 0 aliphatic heterocycles. The molecule has 1 N–H and O–H groups in total. The summed E-state index contributed by atoms with van der Waals surface area (Å²) in [5.74, 6) is -0.768. The van der Waals surface area contributed by atoms with Gasteiger partial charge in [-0.2, -0.15) is 0 Å². The van der Waals surface area contributed by atoms with Crippen molar-refractivity contribution in [1.82, 2.24) is 4.57 Å². The Kier molecular flexibility index (Phi) is 5.58. The van der Waals surface area contributed by atoms with Crippen LogP contribution in [0.25, 0.3) is 5.69 Å². The van der Waals surface area contributed by atoms with E-state index < -0.39 is 15.7 Å². The van der Waals surface area contributed by atoms with Crippen LogP contribution in [-0.4, -0.2) is 25.1 Å². The molecule has 1 heterocycles. The monoisotopic (exact) mass is 420 g/mol. The van der Waals surface area contributed by atoms with Gasteiger partial charge < -0.3 is 9.88 Å². The maximum Gasteiger partial charge on any atom is 0.257 e. The Bertz CT molecular complexity index is 1140. The molecular formula is C20H18ClFN2O3S. The number of nitrogens with zero attached hydrogens (tertiary/aromatic N) is 1. The number of halogens is 2. The number of benzene rings is 2. The number of aromatic nitrogens is 1. The first kappa shape index (κ1) is 20.1. The minimum Gasteiger partial charge on any atom is -0.322 e. The summed E-state index contributed by atoms with van der Waals surface area (Å²) in [6, 6.07) is 11.7. The third-order valence-corrected chi connectivity index (χ3v) is 5.71. The van der Waals surface area contributed by atoms with E-state index in [4.69, 9.17) is 11.6 Å². The summed E-state index contributed by atoms with van der Waals surface area (Å²) in [5, 5.41) is 3.00. The van der Waals surface area contributed by atoms with Gasteiger partial charge in [0.05, 0.1) is 21.2 Å². The van der Waals surface area contributed by atoms with Crippen LogP contribution < -0.4 is 5.32 Å². The third-order valence-electron chi connectivity index (χ3n) is 4.28. The minimum absolute atomic E-state index is 0.178. The zero-order chi connectivity index (χ0) is 20.5. The fraction of sp³-hybridized carbons (Fsp3) is 0.150. The second-order valence-electron chi connectivity index (χ2n) is 6.25. The molecule has 2 aromatic carbocycles. The summed E-state index contributed by atoms with van der Waals surface area (Å²) in [7, 11) is -3.30. The van der Waals surface area contributed by atoms with Gasteiger partial charge in [0.25, 0.3) is 5.91 Å². The minimum atomic E-state index is -3.30. The van der Waals surface area contributed by atoms with Crippen LogP contribution >= 0.6 is 11.6 Å². The molecule has 1 aromatic heterocycles. The molecule has 5 nitrogen and oxygen atoms in total. The molecule has 0 atom stereocenters. The van der Waals surface area contributed by atoms with Crippen LogP contribution in [0.4, 0.5) is 10.1 Å². The number of amides is 1. The van der Waals surface area contributed by atoms with Crippen molar-refractivity contribution in [3.05, 3.63) is 76.8 Å². The normalized spacial score (nSPS) is 11.4. The van der Waals surface area contributed by atoms with Gasteiger partial charge in [-0.15, -0.1) is 0 Å². The highest BCUT2D eigenvalue weighted by molar-refractivity contribution is 7.90. The molecule has 3 rings (SSSR count). The van der Waals surface area contributed by atoms with Crippen LogP contribution in [0.2, 0.25) is 5.02 Å². The summed E-state index contributed by atoms with van der Waals surface area (Å²) < 4.78 is 38.1. The number of hydrogen-bond donors (Lipinski definition) is 1. The molecule has 0 fully saturated rings. The zero-order valence-electron chi connectivity index (χ0n) is 15.2. The van der Waals surface area contributed by atoms with Gasteiger partial charge in [0.1, 0.15) is 5.82 Å². The lowest BCUT2D eigenvalue weighted by atomic mass is 10.1. The number of sulfone groups is 1. The Balaban J connectivity index is 1.89. The maximum absolute atomic E-state index is 13.3. The van der Waals surface area contributed by atoms with Gasteiger partial charge in [-0.3, -0.25) is 4.79 Å². The third kappa shape index (κ3) is 4.10. The molecule has 0 bridgehead atoms. The predicted molar refractivity (Wildman–Crippen MR) is 108 cm³/mol. The van der Waals surface area contributed by atoms with E-state index in [-0.39, 0.29) is 15.8 Å². The Morgan fingerprint density at radius 1 is 1.14 bits per heavy atom. The van der Waals surface area contributed by atoms with Crippen LogP contribution in [0.3, 0.4) is 0 Å². The summed E-state index contributed by atoms with van der Waals surface area (Å²) >= 11 is 6.15. The van der Waals surface area contributed by atoms with Gasteiger partial charge in [0.15, 0.2) is 9.84 Å². The molecule has 8 heteroatoms. The van der Waals surface area contributed by atoms with Gasteiger partial charge in [-0.1, -0.05) is 18.5 Å². The first-order chi connectivity index (χ1) is 13.2. The standard InChI is InChI=1S/C20H18ClFN2O3S/c1-3-18-16(10-11-24(18)19-9-4-13(22)12-17(19)21)20(25)23-14-5-7-15(8-6-14)28(2,26)27/h4-12H,3H2,1-2H3,(H,23,25). The highest BCUT2D eigenvalue weighted by Crippen LogP contribution is 2.26. The van der Waals surface area contributed by atoms with E-state index in [0.717, 1.165) is 11.9 Å². The molecule has 0 spiro atoms. The van der Waals surface area contributed by atoms with E-state index in [1.54, 1.807) is 22.9 Å². The molecule has 0 aliphatic rings. The van der Waals surface area contributed by atoms with E-state index in [2.05, 4.69) is 5.32 Å². The Hall–Kier alpha value is -2.64. The van der Waals surface area contributed by atoms with Crippen LogP contribution in [0.5, 0.6) is 0 Å². The van der Waals surface area contributed by atoms with Crippen molar-refractivity contribution in [3.63, 3.8) is 0 Å². The summed E-state index contributed by atoms with van der Waals surface area (Å²) in [5.41, 5.74) is 2.23. The molecule has 3 aromatic rings. The van der Waals surface area contributed by atoms with Gasteiger partial charge in [0.2, 0.25) is 0 Å². The SMILES string of the molecule is CCc1c(C(=O)Nc2ccc(S(C)(=O)=O)cc2)ccn1-c1ccc(F)cc1Cl. The second-order valence-corrected chi connectivity index (χ2v) is 8.67. The molecule has 1 amide bonds. The first-order valence-corrected chi connectivity index (χ1v) is 10.7. The average Bonchev–Trinajstić information content (AvgIpc) is 3.05. The van der Waals surface area contributed by atoms with E-state index in [9.17, 15) is 17.6 Å². The van der Waals surface area contributed by atoms with Crippen LogP contribution in [0, 0.1) is 5.82 Å². The smallest absolute Gasteiger partial charge is 0.257 e. The average molecular weight is 421 g/mol. The van der Waals surface area contributed by atoms with Gasteiger partial charge in [-0.05, 0) is 55.0 Å². The van der Waals surface area contributed by atoms with Crippen molar-refractivity contribution in [2.75, 3.05) is 11.6 Å². The van der Waals surface area contributed by atoms with E-state index in [0.29, 0.717) is 23.4 Å². The lowest BCUT2D eigenvalue weighted by Gasteiger charge is -2.12. The Morgan fingerprint density at radius 3 is 2.39 bits per heavy atom. The van der Waals surface area contributed by atoms with E-state index in [1.165, 1.54) is 36.4 Å². The lowest BCUT2D eigenvalue weighted by Crippen LogP contribution is -2.14. The summed E-state index contributed by atoms with van der Waals surface area (Å²) in [6.07, 6.45) is 3.38. The highest BCUT2D eigenvalue weighted by atomic mass is 35.5. The van der Waals surface area contributed by atoms with Crippen molar-refractivity contribution < 1.29 is 17.6 Å². The first-order valence-electron chi connectivity index (χ1n) is 8.48. The lowest BCUT2D eigenvalue weighted by molar-refractivity contribution is 0.102. The second kappa shape index (κ2) is 7.77. The van der Waals surface area contributed by atoms with Crippen LogP contribution in [-0.2, 0) is 16.3 Å². The van der Waals surface area contributed by atoms with Crippen molar-refractivity contribution in [3.8, 4) is 5.69 Å². The molecule has 0 unspecified atom stereocenters. The predicted octanol–water partition coefficient (Wildman–Crippen LogP) is 4.49. The number of carbonyl (C=O) groups is 1.